The first-order valence-corrected chi connectivity index (χ1v) is 7.64. The summed E-state index contributed by atoms with van der Waals surface area (Å²) < 4.78 is 0. The zero-order valence-corrected chi connectivity index (χ0v) is 13.4. The summed E-state index contributed by atoms with van der Waals surface area (Å²) in [4.78, 5) is 11.9. The molecule has 0 amide bonds. The average Bonchev–Trinajstić information content (AvgIpc) is 2.33. The van der Waals surface area contributed by atoms with Gasteiger partial charge >= 0.3 is 0 Å². The third-order valence-corrected chi connectivity index (χ3v) is 5.43. The molecule has 1 saturated carbocycles. The molecule has 106 valence electrons. The lowest BCUT2D eigenvalue weighted by Gasteiger charge is -2.50. The average molecular weight is 260 g/mol. The van der Waals surface area contributed by atoms with Gasteiger partial charge in [0.05, 0.1) is 0 Å². The predicted octanol–water partition coefficient (Wildman–Crippen LogP) is 5.07. The Morgan fingerprint density at radius 2 is 1.89 bits per heavy atom. The summed E-state index contributed by atoms with van der Waals surface area (Å²) in [6, 6.07) is 0. The molecule has 0 aromatic carbocycles. The lowest BCUT2D eigenvalue weighted by Crippen LogP contribution is -2.40. The summed E-state index contributed by atoms with van der Waals surface area (Å²) in [5.41, 5.74) is 4.50. The second-order valence-electron chi connectivity index (χ2n) is 7.66. The van der Waals surface area contributed by atoms with Crippen LogP contribution in [0.3, 0.4) is 0 Å². The molecule has 0 bridgehead atoms. The molecular weight excluding hydrogens is 232 g/mol. The van der Waals surface area contributed by atoms with Crippen molar-refractivity contribution in [1.29, 1.82) is 0 Å². The van der Waals surface area contributed by atoms with Crippen molar-refractivity contribution < 1.29 is 4.79 Å². The van der Waals surface area contributed by atoms with Gasteiger partial charge in [-0.25, -0.2) is 0 Å². The van der Waals surface area contributed by atoms with E-state index in [1.165, 1.54) is 24.0 Å². The zero-order chi connectivity index (χ0) is 14.4. The van der Waals surface area contributed by atoms with Gasteiger partial charge in [-0.15, -0.1) is 0 Å². The molecule has 2 aliphatic rings. The predicted molar refractivity (Wildman–Crippen MR) is 81.0 cm³/mol. The third kappa shape index (κ3) is 2.44. The Morgan fingerprint density at radius 3 is 2.42 bits per heavy atom. The molecule has 1 unspecified atom stereocenters. The first-order valence-electron chi connectivity index (χ1n) is 7.64. The summed E-state index contributed by atoms with van der Waals surface area (Å²) in [7, 11) is 0. The summed E-state index contributed by atoms with van der Waals surface area (Å²) >= 11 is 0. The van der Waals surface area contributed by atoms with Crippen molar-refractivity contribution in [3.05, 3.63) is 22.8 Å². The van der Waals surface area contributed by atoms with Crippen molar-refractivity contribution >= 4 is 5.78 Å². The normalized spacial score (nSPS) is 28.7. The summed E-state index contributed by atoms with van der Waals surface area (Å²) in [5, 5.41) is 0. The van der Waals surface area contributed by atoms with Crippen molar-refractivity contribution in [2.75, 3.05) is 0 Å². The maximum atomic E-state index is 11.9. The van der Waals surface area contributed by atoms with E-state index in [0.29, 0.717) is 11.3 Å². The highest BCUT2D eigenvalue weighted by molar-refractivity contribution is 5.97. The number of rotatable bonds is 2. The van der Waals surface area contributed by atoms with E-state index in [4.69, 9.17) is 0 Å². The van der Waals surface area contributed by atoms with E-state index in [0.717, 1.165) is 18.4 Å². The number of ketones is 1. The zero-order valence-electron chi connectivity index (χ0n) is 13.4. The van der Waals surface area contributed by atoms with Gasteiger partial charge in [0.1, 0.15) is 0 Å². The van der Waals surface area contributed by atoms with E-state index in [1.54, 1.807) is 6.92 Å². The molecule has 1 heteroatoms. The lowest BCUT2D eigenvalue weighted by molar-refractivity contribution is -0.113. The molecule has 0 N–H and O–H groups in total. The van der Waals surface area contributed by atoms with Crippen molar-refractivity contribution in [2.24, 2.45) is 16.7 Å². The molecule has 0 aromatic heterocycles. The van der Waals surface area contributed by atoms with E-state index in [2.05, 4.69) is 40.7 Å². The molecule has 0 aromatic rings. The fourth-order valence-corrected chi connectivity index (χ4v) is 3.83. The number of fused-ring (bicyclic) bond motifs is 1. The van der Waals surface area contributed by atoms with Crippen LogP contribution in [-0.2, 0) is 4.79 Å². The van der Waals surface area contributed by atoms with Crippen LogP contribution in [0, 0.1) is 16.7 Å². The maximum absolute atomic E-state index is 11.9. The van der Waals surface area contributed by atoms with Gasteiger partial charge in [0, 0.05) is 5.57 Å². The van der Waals surface area contributed by atoms with Crippen LogP contribution in [0.15, 0.2) is 22.8 Å². The quantitative estimate of drug-likeness (QED) is 0.677. The smallest absolute Gasteiger partial charge is 0.159 e. The van der Waals surface area contributed by atoms with Crippen LogP contribution in [0.1, 0.15) is 67.2 Å². The Bertz CT molecular complexity index is 460. The van der Waals surface area contributed by atoms with E-state index >= 15 is 0 Å². The first-order chi connectivity index (χ1) is 8.69. The third-order valence-electron chi connectivity index (χ3n) is 5.43. The topological polar surface area (TPSA) is 17.1 Å². The highest BCUT2D eigenvalue weighted by Gasteiger charge is 2.45. The molecule has 0 saturated heterocycles. The van der Waals surface area contributed by atoms with Crippen LogP contribution < -0.4 is 0 Å². The van der Waals surface area contributed by atoms with Gasteiger partial charge in [-0.2, -0.15) is 0 Å². The van der Waals surface area contributed by atoms with Crippen molar-refractivity contribution in [2.45, 2.75) is 67.2 Å². The highest BCUT2D eigenvalue weighted by Crippen LogP contribution is 2.56. The molecule has 0 heterocycles. The number of hydrogen-bond donors (Lipinski definition) is 0. The molecule has 1 nitrogen and oxygen atoms in total. The Balaban J connectivity index is 2.53. The Hall–Kier alpha value is -0.850. The van der Waals surface area contributed by atoms with Gasteiger partial charge in [0.25, 0.3) is 0 Å². The minimum absolute atomic E-state index is 0.238. The minimum Gasteiger partial charge on any atom is -0.295 e. The molecule has 19 heavy (non-hydrogen) atoms. The fraction of sp³-hybridized carbons (Fsp3) is 0.722. The van der Waals surface area contributed by atoms with Gasteiger partial charge in [0.2, 0.25) is 0 Å². The molecule has 1 fully saturated rings. The number of Topliss-reactive ketones (excluding diaryl/α,β-unsaturated/α-hetero) is 1. The standard InChI is InChI=1S/C18H28O/c1-7-13-10-15-16(11-14(13)12(2)19)18(5,6)9-8-17(15,3)4/h11,15H,7-10H2,1-6H3. The van der Waals surface area contributed by atoms with E-state index < -0.39 is 0 Å². The Labute approximate surface area is 118 Å². The molecule has 0 aliphatic heterocycles. The summed E-state index contributed by atoms with van der Waals surface area (Å²) in [6.07, 6.45) is 6.86. The van der Waals surface area contributed by atoms with E-state index in [9.17, 15) is 4.79 Å². The largest absolute Gasteiger partial charge is 0.295 e. The van der Waals surface area contributed by atoms with Gasteiger partial charge in [-0.1, -0.05) is 51.8 Å². The number of carbonyl (C=O) groups excluding carboxylic acids is 1. The van der Waals surface area contributed by atoms with Crippen LogP contribution in [0.2, 0.25) is 0 Å². The number of carbonyl (C=O) groups is 1. The monoisotopic (exact) mass is 260 g/mol. The van der Waals surface area contributed by atoms with Crippen LogP contribution in [0.25, 0.3) is 0 Å². The van der Waals surface area contributed by atoms with Gasteiger partial charge in [0.15, 0.2) is 5.78 Å². The van der Waals surface area contributed by atoms with Crippen molar-refractivity contribution in [3.63, 3.8) is 0 Å². The molecule has 2 aliphatic carbocycles. The van der Waals surface area contributed by atoms with Crippen LogP contribution in [0.4, 0.5) is 0 Å². The van der Waals surface area contributed by atoms with Gasteiger partial charge in [-0.3, -0.25) is 4.79 Å². The highest BCUT2D eigenvalue weighted by atomic mass is 16.1. The molecular formula is C18H28O. The number of allylic oxidation sites excluding steroid dienone is 4. The second kappa shape index (κ2) is 4.61. The van der Waals surface area contributed by atoms with Crippen LogP contribution in [-0.4, -0.2) is 5.78 Å². The minimum atomic E-state index is 0.238. The van der Waals surface area contributed by atoms with Gasteiger partial charge < -0.3 is 0 Å². The molecule has 0 radical (unpaired) electrons. The van der Waals surface area contributed by atoms with E-state index in [-0.39, 0.29) is 11.2 Å². The summed E-state index contributed by atoms with van der Waals surface area (Å²) in [5.74, 6) is 0.858. The fourth-order valence-electron chi connectivity index (χ4n) is 3.83. The van der Waals surface area contributed by atoms with Crippen molar-refractivity contribution in [1.82, 2.24) is 0 Å². The van der Waals surface area contributed by atoms with E-state index in [1.807, 2.05) is 0 Å². The molecule has 2 rings (SSSR count). The van der Waals surface area contributed by atoms with Crippen LogP contribution >= 0.6 is 0 Å². The van der Waals surface area contributed by atoms with Gasteiger partial charge in [-0.05, 0) is 49.4 Å². The molecule has 1 atom stereocenters. The maximum Gasteiger partial charge on any atom is 0.159 e. The second-order valence-corrected chi connectivity index (χ2v) is 7.66. The summed E-state index contributed by atoms with van der Waals surface area (Å²) in [6.45, 7) is 13.4. The Kier molecular flexibility index (Phi) is 3.53. The lowest BCUT2D eigenvalue weighted by atomic mass is 9.54. The van der Waals surface area contributed by atoms with Crippen LogP contribution in [0.5, 0.6) is 0 Å². The molecule has 0 spiro atoms. The van der Waals surface area contributed by atoms with Crippen molar-refractivity contribution in [3.8, 4) is 0 Å². The Morgan fingerprint density at radius 1 is 1.26 bits per heavy atom. The first kappa shape index (κ1) is 14.6. The SMILES string of the molecule is CCC1=C(C(C)=O)C=C2C(C1)C(C)(C)CCC2(C)C. The number of hydrogen-bond acceptors (Lipinski definition) is 1.